The molecule has 0 aliphatic carbocycles. The van der Waals surface area contributed by atoms with Crippen LogP contribution in [0.4, 0.5) is 5.82 Å². The van der Waals surface area contributed by atoms with Gasteiger partial charge in [-0.2, -0.15) is 0 Å². The summed E-state index contributed by atoms with van der Waals surface area (Å²) in [6.07, 6.45) is 2.70. The molecule has 0 radical (unpaired) electrons. The first-order valence-electron chi connectivity index (χ1n) is 7.04. The summed E-state index contributed by atoms with van der Waals surface area (Å²) in [7, 11) is 0. The van der Waals surface area contributed by atoms with E-state index in [2.05, 4.69) is 39.9 Å². The second-order valence-corrected chi connectivity index (χ2v) is 5.16. The molecule has 0 bridgehead atoms. The molecule has 6 nitrogen and oxygen atoms in total. The number of aryl methyl sites for hydroxylation is 1. The number of nitrogens with zero attached hydrogens (tertiary/aromatic N) is 4. The summed E-state index contributed by atoms with van der Waals surface area (Å²) in [6, 6.07) is 4.13. The topological polar surface area (TPSA) is 78.0 Å². The lowest BCUT2D eigenvalue weighted by atomic mass is 10.1. The molecule has 1 aromatic rings. The van der Waals surface area contributed by atoms with Crippen LogP contribution in [0.15, 0.2) is 23.5 Å². The van der Waals surface area contributed by atoms with Gasteiger partial charge < -0.3 is 15.8 Å². The van der Waals surface area contributed by atoms with Crippen LogP contribution in [0, 0.1) is 6.92 Å². The Morgan fingerprint density at radius 2 is 2.15 bits per heavy atom. The number of amidine groups is 1. The summed E-state index contributed by atoms with van der Waals surface area (Å²) < 4.78 is 0. The number of oxime groups is 1. The molecule has 1 saturated heterocycles. The highest BCUT2D eigenvalue weighted by atomic mass is 16.4. The van der Waals surface area contributed by atoms with E-state index in [1.807, 2.05) is 12.3 Å². The van der Waals surface area contributed by atoms with Crippen molar-refractivity contribution in [1.82, 2.24) is 9.88 Å². The molecule has 3 N–H and O–H groups in total. The highest BCUT2D eigenvalue weighted by molar-refractivity contribution is 5.85. The normalized spacial score (nSPS) is 19.1. The molecular formula is C14H23N5O. The zero-order chi connectivity index (χ0) is 14.5. The van der Waals surface area contributed by atoms with Crippen molar-refractivity contribution in [3.8, 4) is 0 Å². The maximum absolute atomic E-state index is 8.84. The van der Waals surface area contributed by atoms with Crippen molar-refractivity contribution in [1.29, 1.82) is 0 Å². The molecule has 1 aliphatic rings. The first-order chi connectivity index (χ1) is 9.65. The second-order valence-electron chi connectivity index (χ2n) is 5.16. The fraction of sp³-hybridized carbons (Fsp3) is 0.571. The predicted octanol–water partition coefficient (Wildman–Crippen LogP) is 1.04. The third-order valence-corrected chi connectivity index (χ3v) is 3.82. The minimum atomic E-state index is 0.0209. The Morgan fingerprint density at radius 3 is 2.70 bits per heavy atom. The molecule has 6 heteroatoms. The molecule has 110 valence electrons. The quantitative estimate of drug-likeness (QED) is 0.372. The van der Waals surface area contributed by atoms with Gasteiger partial charge in [0.2, 0.25) is 0 Å². The monoisotopic (exact) mass is 277 g/mol. The average molecular weight is 277 g/mol. The van der Waals surface area contributed by atoms with Crippen LogP contribution in [-0.4, -0.2) is 53.1 Å². The van der Waals surface area contributed by atoms with Gasteiger partial charge in [-0.1, -0.05) is 12.1 Å². The maximum atomic E-state index is 8.84. The van der Waals surface area contributed by atoms with E-state index in [1.165, 1.54) is 5.56 Å². The maximum Gasteiger partial charge on any atom is 0.156 e. The minimum absolute atomic E-state index is 0.0209. The molecular weight excluding hydrogens is 254 g/mol. The van der Waals surface area contributed by atoms with E-state index in [4.69, 9.17) is 10.9 Å². The van der Waals surface area contributed by atoms with Gasteiger partial charge in [0.05, 0.1) is 6.04 Å². The number of rotatable bonds is 4. The zero-order valence-electron chi connectivity index (χ0n) is 12.2. The SMILES string of the molecule is CCC(C(N)=NO)N1CCN(c2cc(C)ccn2)CC1. The first kappa shape index (κ1) is 14.6. The van der Waals surface area contributed by atoms with Crippen LogP contribution >= 0.6 is 0 Å². The molecule has 0 amide bonds. The molecule has 1 unspecified atom stereocenters. The fourth-order valence-electron chi connectivity index (χ4n) is 2.68. The van der Waals surface area contributed by atoms with Crippen molar-refractivity contribution >= 4 is 11.7 Å². The molecule has 20 heavy (non-hydrogen) atoms. The van der Waals surface area contributed by atoms with E-state index in [-0.39, 0.29) is 6.04 Å². The Kier molecular flexibility index (Phi) is 4.79. The molecule has 1 atom stereocenters. The van der Waals surface area contributed by atoms with Crippen LogP contribution in [0.5, 0.6) is 0 Å². The molecule has 1 fully saturated rings. The lowest BCUT2D eigenvalue weighted by Gasteiger charge is -2.39. The smallest absolute Gasteiger partial charge is 0.156 e. The number of piperazine rings is 1. The minimum Gasteiger partial charge on any atom is -0.409 e. The summed E-state index contributed by atoms with van der Waals surface area (Å²) in [5.74, 6) is 1.33. The van der Waals surface area contributed by atoms with Gasteiger partial charge in [0.25, 0.3) is 0 Å². The molecule has 1 aliphatic heterocycles. The van der Waals surface area contributed by atoms with Gasteiger partial charge in [-0.15, -0.1) is 0 Å². The van der Waals surface area contributed by atoms with Gasteiger partial charge >= 0.3 is 0 Å². The van der Waals surface area contributed by atoms with Crippen molar-refractivity contribution in [2.45, 2.75) is 26.3 Å². The first-order valence-corrected chi connectivity index (χ1v) is 7.04. The Morgan fingerprint density at radius 1 is 1.45 bits per heavy atom. The van der Waals surface area contributed by atoms with Crippen LogP contribution in [0.25, 0.3) is 0 Å². The van der Waals surface area contributed by atoms with Gasteiger partial charge in [0.15, 0.2) is 5.84 Å². The molecule has 0 aromatic carbocycles. The van der Waals surface area contributed by atoms with E-state index >= 15 is 0 Å². The largest absolute Gasteiger partial charge is 0.409 e. The average Bonchev–Trinajstić information content (AvgIpc) is 2.48. The van der Waals surface area contributed by atoms with Crippen LogP contribution in [0.3, 0.4) is 0 Å². The van der Waals surface area contributed by atoms with E-state index < -0.39 is 0 Å². The zero-order valence-corrected chi connectivity index (χ0v) is 12.2. The molecule has 0 spiro atoms. The summed E-state index contributed by atoms with van der Waals surface area (Å²) in [5.41, 5.74) is 6.98. The van der Waals surface area contributed by atoms with E-state index in [0.29, 0.717) is 5.84 Å². The second kappa shape index (κ2) is 6.56. The van der Waals surface area contributed by atoms with Gasteiger partial charge in [-0.05, 0) is 31.0 Å². The van der Waals surface area contributed by atoms with Gasteiger partial charge in [0.1, 0.15) is 5.82 Å². The standard InChI is InChI=1S/C14H23N5O/c1-3-12(14(15)17-20)18-6-8-19(9-7-18)13-10-11(2)4-5-16-13/h4-5,10,12,20H,3,6-9H2,1-2H3,(H2,15,17). The van der Waals surface area contributed by atoms with Crippen LogP contribution in [0.1, 0.15) is 18.9 Å². The number of hydrogen-bond acceptors (Lipinski definition) is 5. The lowest BCUT2D eigenvalue weighted by Crippen LogP contribution is -2.54. The molecule has 1 aromatic heterocycles. The third kappa shape index (κ3) is 3.19. The highest BCUT2D eigenvalue weighted by Gasteiger charge is 2.25. The van der Waals surface area contributed by atoms with Gasteiger partial charge in [-0.25, -0.2) is 4.98 Å². The lowest BCUT2D eigenvalue weighted by molar-refractivity contribution is 0.215. The van der Waals surface area contributed by atoms with Crippen molar-refractivity contribution in [3.63, 3.8) is 0 Å². The van der Waals surface area contributed by atoms with Crippen molar-refractivity contribution < 1.29 is 5.21 Å². The number of pyridine rings is 1. The van der Waals surface area contributed by atoms with Crippen LogP contribution < -0.4 is 10.6 Å². The summed E-state index contributed by atoms with van der Waals surface area (Å²) in [5, 5.41) is 12.0. The van der Waals surface area contributed by atoms with E-state index in [1.54, 1.807) is 0 Å². The number of hydrogen-bond donors (Lipinski definition) is 2. The third-order valence-electron chi connectivity index (χ3n) is 3.82. The van der Waals surface area contributed by atoms with E-state index in [0.717, 1.165) is 38.4 Å². The summed E-state index contributed by atoms with van der Waals surface area (Å²) in [6.45, 7) is 7.73. The summed E-state index contributed by atoms with van der Waals surface area (Å²) in [4.78, 5) is 8.97. The Bertz CT molecular complexity index is 468. The summed E-state index contributed by atoms with van der Waals surface area (Å²) >= 11 is 0. The highest BCUT2D eigenvalue weighted by Crippen LogP contribution is 2.16. The van der Waals surface area contributed by atoms with Crippen molar-refractivity contribution in [2.24, 2.45) is 10.9 Å². The Hall–Kier alpha value is -1.82. The van der Waals surface area contributed by atoms with Crippen molar-refractivity contribution in [2.75, 3.05) is 31.1 Å². The number of aromatic nitrogens is 1. The van der Waals surface area contributed by atoms with E-state index in [9.17, 15) is 0 Å². The van der Waals surface area contributed by atoms with Gasteiger partial charge in [-0.3, -0.25) is 4.90 Å². The fourth-order valence-corrected chi connectivity index (χ4v) is 2.68. The number of nitrogens with two attached hydrogens (primary N) is 1. The van der Waals surface area contributed by atoms with Gasteiger partial charge in [0, 0.05) is 32.4 Å². The van der Waals surface area contributed by atoms with Crippen molar-refractivity contribution in [3.05, 3.63) is 23.9 Å². The molecule has 0 saturated carbocycles. The molecule has 2 rings (SSSR count). The Balaban J connectivity index is 1.98. The molecule has 2 heterocycles. The predicted molar refractivity (Wildman–Crippen MR) is 80.2 cm³/mol. The van der Waals surface area contributed by atoms with Crippen LogP contribution in [0.2, 0.25) is 0 Å². The number of anilines is 1. The van der Waals surface area contributed by atoms with Crippen LogP contribution in [-0.2, 0) is 0 Å². The Labute approximate surface area is 119 Å².